The minimum Gasteiger partial charge on any atom is -0.310 e. The van der Waals surface area contributed by atoms with Crippen molar-refractivity contribution in [3.63, 3.8) is 0 Å². The summed E-state index contributed by atoms with van der Waals surface area (Å²) in [5, 5.41) is 9.17. The average molecular weight is 292 g/mol. The Morgan fingerprint density at radius 3 is 2.80 bits per heavy atom. The van der Waals surface area contributed by atoms with E-state index in [4.69, 9.17) is 0 Å². The highest BCUT2D eigenvalue weighted by molar-refractivity contribution is 7.10. The fourth-order valence-electron chi connectivity index (χ4n) is 2.02. The van der Waals surface area contributed by atoms with Gasteiger partial charge in [-0.2, -0.15) is 5.10 Å². The van der Waals surface area contributed by atoms with Crippen LogP contribution in [0.15, 0.2) is 17.5 Å². The van der Waals surface area contributed by atoms with Gasteiger partial charge in [0.2, 0.25) is 5.91 Å². The van der Waals surface area contributed by atoms with Gasteiger partial charge in [0.15, 0.2) is 0 Å². The lowest BCUT2D eigenvalue weighted by Crippen LogP contribution is -2.30. The Balaban J connectivity index is 1.88. The molecule has 0 aliphatic carbocycles. The van der Waals surface area contributed by atoms with E-state index in [-0.39, 0.29) is 5.91 Å². The molecule has 1 amide bonds. The predicted molar refractivity (Wildman–Crippen MR) is 82.0 cm³/mol. The summed E-state index contributed by atoms with van der Waals surface area (Å²) in [6, 6.07) is 3.97. The molecule has 0 aromatic carbocycles. The normalized spacial score (nSPS) is 11.1. The highest BCUT2D eigenvalue weighted by atomic mass is 32.1. The second-order valence-electron chi connectivity index (χ2n) is 5.04. The van der Waals surface area contributed by atoms with Crippen LogP contribution in [0, 0.1) is 13.8 Å². The molecule has 0 aliphatic heterocycles. The number of anilines is 1. The fraction of sp³-hybridized carbons (Fsp3) is 0.429. The van der Waals surface area contributed by atoms with Gasteiger partial charge in [0.25, 0.3) is 0 Å². The van der Waals surface area contributed by atoms with Crippen LogP contribution in [-0.4, -0.2) is 34.2 Å². The van der Waals surface area contributed by atoms with Crippen LogP contribution < -0.4 is 5.32 Å². The van der Waals surface area contributed by atoms with Gasteiger partial charge in [-0.25, -0.2) is 0 Å². The monoisotopic (exact) mass is 292 g/mol. The predicted octanol–water partition coefficient (Wildman–Crippen LogP) is 2.17. The van der Waals surface area contributed by atoms with Crippen LogP contribution >= 0.6 is 11.3 Å². The quantitative estimate of drug-likeness (QED) is 0.919. The maximum absolute atomic E-state index is 12.0. The first-order chi connectivity index (χ1) is 9.45. The van der Waals surface area contributed by atoms with E-state index >= 15 is 0 Å². The molecular formula is C14H20N4OS. The third kappa shape index (κ3) is 3.68. The maximum Gasteiger partial charge on any atom is 0.239 e. The number of hydrogen-bond acceptors (Lipinski definition) is 4. The lowest BCUT2D eigenvalue weighted by atomic mass is 10.3. The number of hydrogen-bond donors (Lipinski definition) is 1. The molecule has 5 nitrogen and oxygen atoms in total. The van der Waals surface area contributed by atoms with Gasteiger partial charge in [0.05, 0.1) is 12.2 Å². The summed E-state index contributed by atoms with van der Waals surface area (Å²) in [5.41, 5.74) is 2.18. The zero-order valence-corrected chi connectivity index (χ0v) is 13.1. The Morgan fingerprint density at radius 1 is 1.50 bits per heavy atom. The number of rotatable bonds is 5. The third-order valence-corrected chi connectivity index (χ3v) is 4.07. The van der Waals surface area contributed by atoms with Gasteiger partial charge in [0, 0.05) is 24.5 Å². The molecule has 2 aromatic heterocycles. The number of aromatic nitrogens is 2. The van der Waals surface area contributed by atoms with Crippen molar-refractivity contribution in [1.82, 2.24) is 14.7 Å². The molecule has 0 saturated heterocycles. The summed E-state index contributed by atoms with van der Waals surface area (Å²) >= 11 is 1.73. The summed E-state index contributed by atoms with van der Waals surface area (Å²) in [6.45, 7) is 5.16. The van der Waals surface area contributed by atoms with Crippen LogP contribution in [0.5, 0.6) is 0 Å². The maximum atomic E-state index is 12.0. The zero-order chi connectivity index (χ0) is 14.7. The standard InChI is InChI=1S/C14H20N4OS/c1-10-5-6-20-12(10)8-17(3)9-14(19)15-13-7-11(2)16-18(13)4/h5-7H,8-9H2,1-4H3,(H,15,19). The Kier molecular flexibility index (Phi) is 4.57. The molecule has 6 heteroatoms. The first kappa shape index (κ1) is 14.7. The van der Waals surface area contributed by atoms with E-state index in [2.05, 4.69) is 28.8 Å². The Labute approximate surface area is 123 Å². The van der Waals surface area contributed by atoms with Gasteiger partial charge in [-0.15, -0.1) is 11.3 Å². The Morgan fingerprint density at radius 2 is 2.25 bits per heavy atom. The minimum absolute atomic E-state index is 0.0234. The van der Waals surface area contributed by atoms with Crippen molar-refractivity contribution in [3.8, 4) is 0 Å². The molecule has 2 aromatic rings. The van der Waals surface area contributed by atoms with E-state index in [1.54, 1.807) is 16.0 Å². The first-order valence-corrected chi connectivity index (χ1v) is 7.35. The summed E-state index contributed by atoms with van der Waals surface area (Å²) in [5.74, 6) is 0.706. The lowest BCUT2D eigenvalue weighted by Gasteiger charge is -2.15. The molecule has 0 bridgehead atoms. The van der Waals surface area contributed by atoms with Gasteiger partial charge in [-0.1, -0.05) is 0 Å². The van der Waals surface area contributed by atoms with Gasteiger partial charge >= 0.3 is 0 Å². The zero-order valence-electron chi connectivity index (χ0n) is 12.3. The average Bonchev–Trinajstić information content (AvgIpc) is 2.86. The van der Waals surface area contributed by atoms with E-state index in [1.165, 1.54) is 10.4 Å². The SMILES string of the molecule is Cc1cc(NC(=O)CN(C)Cc2sccc2C)n(C)n1. The van der Waals surface area contributed by atoms with E-state index in [1.807, 2.05) is 32.0 Å². The second kappa shape index (κ2) is 6.19. The van der Waals surface area contributed by atoms with Crippen molar-refractivity contribution in [2.24, 2.45) is 7.05 Å². The number of nitrogens with one attached hydrogen (secondary N) is 1. The smallest absolute Gasteiger partial charge is 0.239 e. The summed E-state index contributed by atoms with van der Waals surface area (Å²) in [7, 11) is 3.77. The highest BCUT2D eigenvalue weighted by Gasteiger charge is 2.11. The number of nitrogens with zero attached hydrogens (tertiary/aromatic N) is 3. The Bertz CT molecular complexity index is 602. The summed E-state index contributed by atoms with van der Waals surface area (Å²) in [6.07, 6.45) is 0. The van der Waals surface area contributed by atoms with Crippen molar-refractivity contribution in [2.75, 3.05) is 18.9 Å². The molecule has 2 heterocycles. The van der Waals surface area contributed by atoms with E-state index < -0.39 is 0 Å². The molecule has 0 atom stereocenters. The number of carbonyl (C=O) groups is 1. The van der Waals surface area contributed by atoms with Crippen LogP contribution in [0.2, 0.25) is 0 Å². The van der Waals surface area contributed by atoms with E-state index in [0.717, 1.165) is 18.1 Å². The summed E-state index contributed by atoms with van der Waals surface area (Å²) in [4.78, 5) is 15.3. The summed E-state index contributed by atoms with van der Waals surface area (Å²) < 4.78 is 1.68. The van der Waals surface area contributed by atoms with E-state index in [9.17, 15) is 4.79 Å². The number of thiophene rings is 1. The molecule has 0 unspecified atom stereocenters. The lowest BCUT2D eigenvalue weighted by molar-refractivity contribution is -0.117. The van der Waals surface area contributed by atoms with Crippen LogP contribution in [0.25, 0.3) is 0 Å². The van der Waals surface area contributed by atoms with Crippen LogP contribution in [0.1, 0.15) is 16.1 Å². The van der Waals surface area contributed by atoms with Gasteiger partial charge in [0.1, 0.15) is 5.82 Å². The molecule has 0 radical (unpaired) electrons. The van der Waals surface area contributed by atoms with Crippen LogP contribution in [0.4, 0.5) is 5.82 Å². The number of aryl methyl sites for hydroxylation is 3. The molecule has 20 heavy (non-hydrogen) atoms. The van der Waals surface area contributed by atoms with Crippen molar-refractivity contribution >= 4 is 23.1 Å². The van der Waals surface area contributed by atoms with Gasteiger partial charge < -0.3 is 5.32 Å². The molecule has 0 saturated carbocycles. The van der Waals surface area contributed by atoms with Crippen LogP contribution in [-0.2, 0) is 18.4 Å². The molecular weight excluding hydrogens is 272 g/mol. The second-order valence-corrected chi connectivity index (χ2v) is 6.04. The van der Waals surface area contributed by atoms with Gasteiger partial charge in [-0.3, -0.25) is 14.4 Å². The van der Waals surface area contributed by atoms with Crippen molar-refractivity contribution in [3.05, 3.63) is 33.6 Å². The molecule has 1 N–H and O–H groups in total. The van der Waals surface area contributed by atoms with Crippen molar-refractivity contribution in [2.45, 2.75) is 20.4 Å². The topological polar surface area (TPSA) is 50.2 Å². The first-order valence-electron chi connectivity index (χ1n) is 6.47. The number of likely N-dealkylation sites (N-methyl/N-ethyl adjacent to an activating group) is 1. The molecule has 108 valence electrons. The van der Waals surface area contributed by atoms with Crippen molar-refractivity contribution in [1.29, 1.82) is 0 Å². The van der Waals surface area contributed by atoms with Crippen molar-refractivity contribution < 1.29 is 4.79 Å². The molecule has 0 fully saturated rings. The number of carbonyl (C=O) groups excluding carboxylic acids is 1. The molecule has 2 rings (SSSR count). The fourth-order valence-corrected chi connectivity index (χ4v) is 3.01. The largest absolute Gasteiger partial charge is 0.310 e. The third-order valence-electron chi connectivity index (χ3n) is 3.06. The van der Waals surface area contributed by atoms with Crippen LogP contribution in [0.3, 0.4) is 0 Å². The van der Waals surface area contributed by atoms with E-state index in [0.29, 0.717) is 6.54 Å². The highest BCUT2D eigenvalue weighted by Crippen LogP contribution is 2.17. The number of amides is 1. The minimum atomic E-state index is -0.0234. The Hall–Kier alpha value is -1.66. The molecule has 0 spiro atoms. The molecule has 0 aliphatic rings. The van der Waals surface area contributed by atoms with Gasteiger partial charge in [-0.05, 0) is 37.9 Å².